The van der Waals surface area contributed by atoms with Crippen molar-refractivity contribution in [2.24, 2.45) is 0 Å². The maximum Gasteiger partial charge on any atom is 0.415 e. The minimum Gasteiger partial charge on any atom is -0.437 e. The number of anilines is 2. The van der Waals surface area contributed by atoms with Crippen LogP contribution in [-0.4, -0.2) is 36.6 Å². The lowest BCUT2D eigenvalue weighted by atomic mass is 10.1. The molecule has 1 heterocycles. The molecule has 0 atom stereocenters. The Morgan fingerprint density at radius 2 is 1.91 bits per heavy atom. The van der Waals surface area contributed by atoms with Crippen molar-refractivity contribution in [3.05, 3.63) is 71.7 Å². The summed E-state index contributed by atoms with van der Waals surface area (Å²) in [5.74, 6) is 1.78. The van der Waals surface area contributed by atoms with Gasteiger partial charge >= 0.3 is 6.18 Å². The van der Waals surface area contributed by atoms with Crippen LogP contribution in [-0.2, 0) is 11.2 Å². The molecule has 2 rings (SSSR count). The number of amides is 1. The molecule has 0 saturated heterocycles. The van der Waals surface area contributed by atoms with Crippen molar-refractivity contribution < 1.29 is 22.7 Å². The van der Waals surface area contributed by atoms with Gasteiger partial charge in [-0.1, -0.05) is 31.7 Å². The molecule has 0 aliphatic rings. The van der Waals surface area contributed by atoms with Crippen LogP contribution in [0.2, 0.25) is 5.02 Å². The average molecular weight is 484 g/mol. The summed E-state index contributed by atoms with van der Waals surface area (Å²) >= 11 is 6.29. The second kappa shape index (κ2) is 13.1. The number of alkyl halides is 3. The molecule has 1 amide bonds. The van der Waals surface area contributed by atoms with Gasteiger partial charge in [0.2, 0.25) is 12.3 Å². The summed E-state index contributed by atoms with van der Waals surface area (Å²) in [5, 5.41) is 8.61. The number of hydrogen-bond acceptors (Lipinski definition) is 6. The third-order valence-electron chi connectivity index (χ3n) is 4.03. The smallest absolute Gasteiger partial charge is 0.415 e. The van der Waals surface area contributed by atoms with E-state index in [9.17, 15) is 18.0 Å². The molecule has 2 aromatic rings. The maximum atomic E-state index is 11.9. The van der Waals surface area contributed by atoms with E-state index >= 15 is 0 Å². The van der Waals surface area contributed by atoms with Crippen molar-refractivity contribution in [1.29, 1.82) is 0 Å². The van der Waals surface area contributed by atoms with Gasteiger partial charge in [0.05, 0.1) is 10.6 Å². The Morgan fingerprint density at radius 3 is 2.42 bits per heavy atom. The molecular formula is C22H25ClF3N5O2. The van der Waals surface area contributed by atoms with Crippen LogP contribution in [0.1, 0.15) is 12.5 Å². The van der Waals surface area contributed by atoms with Gasteiger partial charge in [-0.2, -0.15) is 13.2 Å². The number of aryl methyl sites for hydroxylation is 1. The molecule has 0 aliphatic heterocycles. The number of hydrogen-bond donors (Lipinski definition) is 3. The molecular weight excluding hydrogens is 459 g/mol. The SMILES string of the molecule is C=C/C(=C\C(=C)C(F)(F)F)NC=O.CCc1cc(NC)cc(Cl)c1Oc1cc(NC)ncn1. The molecule has 0 aliphatic carbocycles. The van der Waals surface area contributed by atoms with E-state index in [-0.39, 0.29) is 12.1 Å². The molecule has 0 spiro atoms. The number of benzene rings is 1. The average Bonchev–Trinajstić information content (AvgIpc) is 2.79. The van der Waals surface area contributed by atoms with E-state index in [1.165, 1.54) is 6.33 Å². The number of carbonyl (C=O) groups excluding carboxylic acids is 1. The monoisotopic (exact) mass is 483 g/mol. The van der Waals surface area contributed by atoms with Crippen molar-refractivity contribution >= 4 is 29.5 Å². The maximum absolute atomic E-state index is 11.9. The second-order valence-electron chi connectivity index (χ2n) is 6.23. The first-order chi connectivity index (χ1) is 15.6. The van der Waals surface area contributed by atoms with Gasteiger partial charge < -0.3 is 20.7 Å². The van der Waals surface area contributed by atoms with Crippen LogP contribution in [0.4, 0.5) is 24.7 Å². The summed E-state index contributed by atoms with van der Waals surface area (Å²) in [7, 11) is 3.65. The van der Waals surface area contributed by atoms with E-state index in [1.807, 2.05) is 24.5 Å². The van der Waals surface area contributed by atoms with E-state index in [0.29, 0.717) is 28.5 Å². The first-order valence-electron chi connectivity index (χ1n) is 9.57. The van der Waals surface area contributed by atoms with E-state index in [4.69, 9.17) is 16.3 Å². The van der Waals surface area contributed by atoms with Crippen molar-refractivity contribution in [2.45, 2.75) is 19.5 Å². The van der Waals surface area contributed by atoms with Crippen molar-refractivity contribution in [3.8, 4) is 11.6 Å². The standard InChI is InChI=1S/C14H17ClN4O.C8H8F3NO/c1-4-9-5-10(16-2)6-11(15)14(9)20-13-7-12(17-3)18-8-19-13;1-3-7(12-5-13)4-6(2)8(9,10)11/h5-8,16H,4H2,1-3H3,(H,17,18,19);3-5H,1-2H2,(H,12,13)/b;7-4+. The van der Waals surface area contributed by atoms with Crippen LogP contribution in [0.25, 0.3) is 0 Å². The summed E-state index contributed by atoms with van der Waals surface area (Å²) in [6.45, 7) is 8.06. The zero-order valence-corrected chi connectivity index (χ0v) is 19.1. The molecule has 0 unspecified atom stereocenters. The first-order valence-corrected chi connectivity index (χ1v) is 9.95. The number of aromatic nitrogens is 2. The van der Waals surface area contributed by atoms with Gasteiger partial charge in [-0.15, -0.1) is 0 Å². The minimum atomic E-state index is -4.49. The first kappa shape index (κ1) is 27.5. The van der Waals surface area contributed by atoms with Gasteiger partial charge in [0.25, 0.3) is 0 Å². The lowest BCUT2D eigenvalue weighted by Gasteiger charge is -2.13. The van der Waals surface area contributed by atoms with E-state index in [1.54, 1.807) is 13.1 Å². The fraction of sp³-hybridized carbons (Fsp3) is 0.227. The van der Waals surface area contributed by atoms with Crippen LogP contribution < -0.4 is 20.7 Å². The number of halogens is 4. The number of nitrogens with one attached hydrogen (secondary N) is 3. The van der Waals surface area contributed by atoms with Crippen molar-refractivity contribution in [1.82, 2.24) is 15.3 Å². The van der Waals surface area contributed by atoms with Gasteiger partial charge in [-0.05, 0) is 36.3 Å². The predicted octanol–water partition coefficient (Wildman–Crippen LogP) is 5.49. The highest BCUT2D eigenvalue weighted by atomic mass is 35.5. The van der Waals surface area contributed by atoms with Gasteiger partial charge in [-0.3, -0.25) is 4.79 Å². The highest BCUT2D eigenvalue weighted by molar-refractivity contribution is 6.32. The van der Waals surface area contributed by atoms with Crippen molar-refractivity contribution in [2.75, 3.05) is 24.7 Å². The molecule has 0 saturated carbocycles. The van der Waals surface area contributed by atoms with Crippen molar-refractivity contribution in [3.63, 3.8) is 0 Å². The Bertz CT molecular complexity index is 1010. The highest BCUT2D eigenvalue weighted by Crippen LogP contribution is 2.35. The molecule has 0 bridgehead atoms. The molecule has 7 nitrogen and oxygen atoms in total. The largest absolute Gasteiger partial charge is 0.437 e. The third-order valence-corrected chi connectivity index (χ3v) is 4.31. The quantitative estimate of drug-likeness (QED) is 0.323. The summed E-state index contributed by atoms with van der Waals surface area (Å²) in [4.78, 5) is 18.0. The third kappa shape index (κ3) is 8.85. The molecule has 178 valence electrons. The normalized spacial score (nSPS) is 10.9. The number of ether oxygens (including phenoxy) is 1. The van der Waals surface area contributed by atoms with Gasteiger partial charge in [0.1, 0.15) is 12.1 Å². The zero-order valence-electron chi connectivity index (χ0n) is 18.4. The summed E-state index contributed by atoms with van der Waals surface area (Å²) < 4.78 is 41.5. The van der Waals surface area contributed by atoms with Gasteiger partial charge in [0.15, 0.2) is 5.75 Å². The number of rotatable bonds is 9. The second-order valence-corrected chi connectivity index (χ2v) is 6.64. The van der Waals surface area contributed by atoms with Crippen LogP contribution in [0, 0.1) is 0 Å². The fourth-order valence-corrected chi connectivity index (χ4v) is 2.58. The lowest BCUT2D eigenvalue weighted by molar-refractivity contribution is -0.109. The molecule has 0 fully saturated rings. The minimum absolute atomic E-state index is 0.0441. The molecule has 1 aromatic carbocycles. The summed E-state index contributed by atoms with van der Waals surface area (Å²) in [6.07, 6.45) is -0.181. The molecule has 11 heteroatoms. The van der Waals surface area contributed by atoms with Crippen LogP contribution in [0.5, 0.6) is 11.6 Å². The van der Waals surface area contributed by atoms with Gasteiger partial charge in [0, 0.05) is 31.5 Å². The Labute approximate surface area is 195 Å². The zero-order chi connectivity index (χ0) is 25.0. The van der Waals surface area contributed by atoms with E-state index < -0.39 is 11.7 Å². The Balaban J connectivity index is 0.000000366. The highest BCUT2D eigenvalue weighted by Gasteiger charge is 2.30. The Kier molecular flexibility index (Phi) is 10.9. The Morgan fingerprint density at radius 1 is 1.21 bits per heavy atom. The molecule has 0 radical (unpaired) electrons. The van der Waals surface area contributed by atoms with Crippen LogP contribution in [0.3, 0.4) is 0 Å². The summed E-state index contributed by atoms with van der Waals surface area (Å²) in [5.41, 5.74) is 0.887. The predicted molar refractivity (Wildman–Crippen MR) is 125 cm³/mol. The molecule has 33 heavy (non-hydrogen) atoms. The number of allylic oxidation sites excluding steroid dienone is 3. The molecule has 1 aromatic heterocycles. The fourth-order valence-electron chi connectivity index (χ4n) is 2.31. The number of carbonyl (C=O) groups is 1. The Hall–Kier alpha value is -3.53. The van der Waals surface area contributed by atoms with Crippen LogP contribution in [0.15, 0.2) is 61.1 Å². The number of nitrogens with zero attached hydrogens (tertiary/aromatic N) is 2. The van der Waals surface area contributed by atoms with Crippen LogP contribution >= 0.6 is 11.6 Å². The molecule has 3 N–H and O–H groups in total. The topological polar surface area (TPSA) is 88.2 Å². The van der Waals surface area contributed by atoms with Gasteiger partial charge in [-0.25, -0.2) is 9.97 Å². The van der Waals surface area contributed by atoms with E-state index in [2.05, 4.69) is 40.7 Å². The van der Waals surface area contributed by atoms with E-state index in [0.717, 1.165) is 23.7 Å². The lowest BCUT2D eigenvalue weighted by Crippen LogP contribution is -2.13. The summed E-state index contributed by atoms with van der Waals surface area (Å²) in [6, 6.07) is 5.57.